The van der Waals surface area contributed by atoms with E-state index < -0.39 is 42.1 Å². The molecule has 6 heterocycles. The number of hydrogen-bond donors (Lipinski definition) is 4. The molecule has 0 spiro atoms. The third kappa shape index (κ3) is 6.24. The Kier molecular flexibility index (Phi) is 9.24. The van der Waals surface area contributed by atoms with Crippen molar-refractivity contribution in [3.8, 4) is 0 Å². The topological polar surface area (TPSA) is 196 Å². The molecule has 264 valence electrons. The number of allylic oxidation sites excluding steroid dienone is 2. The van der Waals surface area contributed by atoms with Crippen molar-refractivity contribution in [2.24, 2.45) is 0 Å². The molecule has 0 saturated carbocycles. The van der Waals surface area contributed by atoms with Crippen LogP contribution >= 0.6 is 0 Å². The number of amides is 2. The Bertz CT molecular complexity index is 2240. The monoisotopic (exact) mass is 693 g/mol. The Labute approximate surface area is 293 Å². The van der Waals surface area contributed by atoms with Crippen LogP contribution in [0.25, 0.3) is 39.3 Å². The summed E-state index contributed by atoms with van der Waals surface area (Å²) in [5.41, 5.74) is 8.64. The van der Waals surface area contributed by atoms with Gasteiger partial charge in [-0.15, -0.1) is 5.06 Å². The van der Waals surface area contributed by atoms with Crippen molar-refractivity contribution in [1.29, 1.82) is 0 Å². The average molecular weight is 694 g/mol. The van der Waals surface area contributed by atoms with Crippen molar-refractivity contribution in [3.63, 3.8) is 0 Å². The van der Waals surface area contributed by atoms with Crippen LogP contribution in [0.15, 0.2) is 24.8 Å². The summed E-state index contributed by atoms with van der Waals surface area (Å²) in [5, 5.41) is 21.1. The number of carboxylic acids is 2. The molecular weight excluding hydrogens is 654 g/mol. The summed E-state index contributed by atoms with van der Waals surface area (Å²) in [6.07, 6.45) is 1.68. The Hall–Kier alpha value is -5.85. The number of aromatic carboxylic acids is 1. The summed E-state index contributed by atoms with van der Waals surface area (Å²) in [6, 6.07) is 5.63. The number of hydroxylamine groups is 2. The van der Waals surface area contributed by atoms with E-state index in [1.54, 1.807) is 19.1 Å². The second-order valence-electron chi connectivity index (χ2n) is 13.1. The fourth-order valence-corrected chi connectivity index (χ4v) is 7.33. The molecule has 3 aromatic rings. The maximum absolute atomic E-state index is 13.0. The lowest BCUT2D eigenvalue weighted by atomic mass is 9.85. The van der Waals surface area contributed by atoms with Gasteiger partial charge in [-0.2, -0.15) is 0 Å². The number of fused-ring (bicyclic) bond motifs is 8. The molecule has 3 aliphatic rings. The zero-order valence-electron chi connectivity index (χ0n) is 29.1. The van der Waals surface area contributed by atoms with Crippen LogP contribution < -0.4 is 0 Å². The first-order chi connectivity index (χ1) is 24.2. The lowest BCUT2D eigenvalue weighted by molar-refractivity contribution is -0.197. The van der Waals surface area contributed by atoms with E-state index in [2.05, 4.69) is 16.5 Å². The molecule has 8 bridgehead atoms. The van der Waals surface area contributed by atoms with Gasteiger partial charge in [0.15, 0.2) is 0 Å². The molecule has 1 unspecified atom stereocenters. The molecule has 13 heteroatoms. The first-order valence-electron chi connectivity index (χ1n) is 16.8. The normalized spacial score (nSPS) is 17.3. The van der Waals surface area contributed by atoms with Gasteiger partial charge in [-0.3, -0.25) is 19.4 Å². The first kappa shape index (κ1) is 35.0. The Morgan fingerprint density at radius 1 is 0.980 bits per heavy atom. The van der Waals surface area contributed by atoms with Crippen molar-refractivity contribution in [2.45, 2.75) is 85.0 Å². The molecule has 2 amide bonds. The van der Waals surface area contributed by atoms with Crippen LogP contribution in [-0.4, -0.2) is 64.9 Å². The van der Waals surface area contributed by atoms with Crippen LogP contribution in [0.5, 0.6) is 0 Å². The highest BCUT2D eigenvalue weighted by molar-refractivity contribution is 6.03. The van der Waals surface area contributed by atoms with Gasteiger partial charge in [0.05, 0.1) is 34.6 Å². The Morgan fingerprint density at radius 2 is 1.65 bits per heavy atom. The second-order valence-corrected chi connectivity index (χ2v) is 13.1. The van der Waals surface area contributed by atoms with Crippen molar-refractivity contribution in [3.05, 3.63) is 75.4 Å². The van der Waals surface area contributed by atoms with Gasteiger partial charge in [0, 0.05) is 64.5 Å². The number of carbonyl (C=O) groups excluding carboxylic acids is 3. The van der Waals surface area contributed by atoms with Crippen molar-refractivity contribution < 1.29 is 39.0 Å². The molecule has 3 aromatic heterocycles. The van der Waals surface area contributed by atoms with Gasteiger partial charge in [-0.1, -0.05) is 26.5 Å². The lowest BCUT2D eigenvalue weighted by Gasteiger charge is -2.18. The Morgan fingerprint density at radius 3 is 2.27 bits per heavy atom. The molecule has 4 N–H and O–H groups in total. The second kappa shape index (κ2) is 13.5. The van der Waals surface area contributed by atoms with Gasteiger partial charge >= 0.3 is 17.9 Å². The van der Waals surface area contributed by atoms with E-state index in [9.17, 15) is 34.2 Å². The maximum atomic E-state index is 13.0. The minimum Gasteiger partial charge on any atom is -0.481 e. The van der Waals surface area contributed by atoms with Crippen LogP contribution in [0.3, 0.4) is 0 Å². The number of imide groups is 1. The number of aromatic nitrogens is 4. The van der Waals surface area contributed by atoms with E-state index in [1.807, 2.05) is 39.8 Å². The lowest BCUT2D eigenvalue weighted by Crippen LogP contribution is -2.32. The number of rotatable bonds is 9. The molecule has 0 radical (unpaired) electrons. The number of nitrogens with zero attached hydrogens (tertiary/aromatic N) is 3. The van der Waals surface area contributed by atoms with Crippen molar-refractivity contribution >= 4 is 69.0 Å². The first-order valence-corrected chi connectivity index (χ1v) is 16.8. The third-order valence-electron chi connectivity index (χ3n) is 10.1. The number of carboxylic acid groups (broad SMARTS) is 2. The van der Waals surface area contributed by atoms with E-state index in [0.29, 0.717) is 39.6 Å². The summed E-state index contributed by atoms with van der Waals surface area (Å²) < 4.78 is 0. The van der Waals surface area contributed by atoms with Crippen molar-refractivity contribution in [1.82, 2.24) is 25.0 Å². The molecule has 6 rings (SSSR count). The molecule has 2 atom stereocenters. The van der Waals surface area contributed by atoms with Gasteiger partial charge in [-0.25, -0.2) is 14.6 Å². The summed E-state index contributed by atoms with van der Waals surface area (Å²) >= 11 is 0. The number of hydrogen-bond acceptors (Lipinski definition) is 8. The highest BCUT2D eigenvalue weighted by atomic mass is 16.7. The minimum absolute atomic E-state index is 0.0430. The van der Waals surface area contributed by atoms with E-state index in [4.69, 9.17) is 14.8 Å². The molecule has 51 heavy (non-hydrogen) atoms. The van der Waals surface area contributed by atoms with Crippen LogP contribution in [0.1, 0.15) is 120 Å². The van der Waals surface area contributed by atoms with E-state index in [-0.39, 0.29) is 48.2 Å². The molecule has 13 nitrogen and oxygen atoms in total. The van der Waals surface area contributed by atoms with E-state index >= 15 is 0 Å². The van der Waals surface area contributed by atoms with Crippen LogP contribution in [-0.2, 0) is 30.4 Å². The quantitative estimate of drug-likeness (QED) is 0.179. The third-order valence-corrected chi connectivity index (χ3v) is 10.1. The SMILES string of the molecule is C=Cc1c(C)c2cc3nc(c(CC(=O)O)c4[nH]c(cc5nc(cc1[nH]2)C(C)=C5CC)c(C)c4C(=O)O)C(CCC(=O)ON1C(=O)CCC1=O)[C@@H]3C. The fourth-order valence-electron chi connectivity index (χ4n) is 7.33. The smallest absolute Gasteiger partial charge is 0.338 e. The number of carbonyl (C=O) groups is 5. The molecule has 3 aliphatic heterocycles. The van der Waals surface area contributed by atoms with Crippen molar-refractivity contribution in [2.75, 3.05) is 0 Å². The van der Waals surface area contributed by atoms with E-state index in [1.165, 1.54) is 0 Å². The van der Waals surface area contributed by atoms with E-state index in [0.717, 1.165) is 39.0 Å². The Balaban J connectivity index is 1.66. The molecule has 1 fully saturated rings. The van der Waals surface area contributed by atoms with Gasteiger partial charge in [0.25, 0.3) is 11.8 Å². The standard InChI is InChI=1S/C38H39N5O8/c1-7-21-17(3)25-14-27-19(5)23(9-12-34(48)51-43-31(44)10-11-32(43)45)36(41-27)24(13-33(46)47)37-35(38(49)50)20(6)28(42-37)16-30-22(8-2)18(4)26(40-30)15-29(21)39-25/h7,14-16,19,23,39,42H,1,8-13H2,2-6H3,(H,46,47)(H,49,50)/t19-,23?/m0/s1. The van der Waals surface area contributed by atoms with Gasteiger partial charge in [0.2, 0.25) is 0 Å². The largest absolute Gasteiger partial charge is 0.481 e. The predicted molar refractivity (Wildman–Crippen MR) is 189 cm³/mol. The zero-order chi connectivity index (χ0) is 36.9. The highest BCUT2D eigenvalue weighted by Gasteiger charge is 2.36. The number of aliphatic carboxylic acids is 1. The molecule has 0 aliphatic carbocycles. The summed E-state index contributed by atoms with van der Waals surface area (Å²) in [4.78, 5) is 84.2. The fraction of sp³-hybridized carbons (Fsp3) is 0.342. The highest BCUT2D eigenvalue weighted by Crippen LogP contribution is 2.43. The summed E-state index contributed by atoms with van der Waals surface area (Å²) in [5.74, 6) is -5.38. The molecule has 0 aromatic carbocycles. The zero-order valence-corrected chi connectivity index (χ0v) is 29.1. The molecule has 1 saturated heterocycles. The number of nitrogens with one attached hydrogen (secondary N) is 2. The number of H-pyrrole nitrogens is 2. The van der Waals surface area contributed by atoms with Crippen LogP contribution in [0, 0.1) is 13.8 Å². The number of aryl methyl sites for hydroxylation is 2. The average Bonchev–Trinajstić information content (AvgIpc) is 3.83. The molecular formula is C38H39N5O8. The number of aromatic amines is 2. The van der Waals surface area contributed by atoms with Gasteiger partial charge < -0.3 is 25.0 Å². The summed E-state index contributed by atoms with van der Waals surface area (Å²) in [6.45, 7) is 13.6. The minimum atomic E-state index is -1.25. The van der Waals surface area contributed by atoms with Gasteiger partial charge in [0.1, 0.15) is 0 Å². The maximum Gasteiger partial charge on any atom is 0.338 e. The predicted octanol–water partition coefficient (Wildman–Crippen LogP) is 6.52. The van der Waals surface area contributed by atoms with Crippen LogP contribution in [0.4, 0.5) is 0 Å². The van der Waals surface area contributed by atoms with Crippen LogP contribution in [0.2, 0.25) is 0 Å². The van der Waals surface area contributed by atoms with Gasteiger partial charge in [-0.05, 0) is 74.1 Å². The summed E-state index contributed by atoms with van der Waals surface area (Å²) in [7, 11) is 0.